The monoisotopic (exact) mass is 426 g/mol. The van der Waals surface area contributed by atoms with Gasteiger partial charge in [0.2, 0.25) is 5.82 Å². The molecule has 0 fully saturated rings. The average Bonchev–Trinajstić information content (AvgIpc) is 3.24. The molecule has 0 aliphatic heterocycles. The normalized spacial score (nSPS) is 10.7. The van der Waals surface area contributed by atoms with Crippen LogP contribution in [0, 0.1) is 0 Å². The molecule has 1 aromatic heterocycles. The molecule has 0 atom stereocenters. The van der Waals surface area contributed by atoms with Crippen LogP contribution in [-0.4, -0.2) is 17.3 Å². The minimum absolute atomic E-state index is 0.398. The Balaban J connectivity index is 1.55. The van der Waals surface area contributed by atoms with Gasteiger partial charge in [0, 0.05) is 15.6 Å². The summed E-state index contributed by atoms with van der Waals surface area (Å²) >= 11 is 12.0. The van der Waals surface area contributed by atoms with Crippen molar-refractivity contribution in [3.05, 3.63) is 82.3 Å². The van der Waals surface area contributed by atoms with Crippen molar-refractivity contribution in [2.24, 2.45) is 0 Å². The van der Waals surface area contributed by atoms with Gasteiger partial charge in [0.25, 0.3) is 5.89 Å². The number of halogens is 2. The zero-order valence-corrected chi connectivity index (χ0v) is 16.9. The standard InChI is InChI=1S/C22H16Cl2N2O3/c1-27-20-10-7-17(24)12-19(20)21-25-22(29-26-21)15-4-2-3-14(11-15)13-28-18-8-5-16(23)6-9-18/h2-12H,13H2,1H3. The molecule has 0 radical (unpaired) electrons. The van der Waals surface area contributed by atoms with Gasteiger partial charge in [0.05, 0.1) is 12.7 Å². The van der Waals surface area contributed by atoms with E-state index in [0.717, 1.165) is 16.9 Å². The molecule has 4 aromatic rings. The molecule has 0 N–H and O–H groups in total. The third-order valence-electron chi connectivity index (χ3n) is 4.22. The van der Waals surface area contributed by atoms with Gasteiger partial charge >= 0.3 is 0 Å². The summed E-state index contributed by atoms with van der Waals surface area (Å²) in [6.07, 6.45) is 0. The molecule has 0 saturated heterocycles. The largest absolute Gasteiger partial charge is 0.496 e. The number of ether oxygens (including phenoxy) is 2. The zero-order chi connectivity index (χ0) is 20.2. The van der Waals surface area contributed by atoms with E-state index in [1.165, 1.54) is 0 Å². The second-order valence-electron chi connectivity index (χ2n) is 6.21. The Morgan fingerprint density at radius 3 is 2.52 bits per heavy atom. The van der Waals surface area contributed by atoms with Gasteiger partial charge in [-0.25, -0.2) is 0 Å². The molecule has 0 bridgehead atoms. The number of aromatic nitrogens is 2. The van der Waals surface area contributed by atoms with Crippen molar-refractivity contribution in [3.8, 4) is 34.3 Å². The molecule has 146 valence electrons. The molecule has 3 aromatic carbocycles. The van der Waals surface area contributed by atoms with Crippen molar-refractivity contribution in [2.75, 3.05) is 7.11 Å². The first-order chi connectivity index (χ1) is 14.1. The van der Waals surface area contributed by atoms with Crippen LogP contribution < -0.4 is 9.47 Å². The van der Waals surface area contributed by atoms with Crippen molar-refractivity contribution < 1.29 is 14.0 Å². The molecule has 5 nitrogen and oxygen atoms in total. The Kier molecular flexibility index (Phi) is 5.69. The van der Waals surface area contributed by atoms with E-state index >= 15 is 0 Å². The number of benzene rings is 3. The van der Waals surface area contributed by atoms with Crippen LogP contribution in [0.5, 0.6) is 11.5 Å². The number of rotatable bonds is 6. The van der Waals surface area contributed by atoms with Gasteiger partial charge < -0.3 is 14.0 Å². The van der Waals surface area contributed by atoms with E-state index in [4.69, 9.17) is 37.2 Å². The van der Waals surface area contributed by atoms with E-state index in [0.29, 0.717) is 39.7 Å². The predicted molar refractivity (Wildman–Crippen MR) is 113 cm³/mol. The molecule has 0 spiro atoms. The van der Waals surface area contributed by atoms with Gasteiger partial charge in [-0.2, -0.15) is 4.98 Å². The quantitative estimate of drug-likeness (QED) is 0.362. The Morgan fingerprint density at radius 1 is 0.931 bits per heavy atom. The molecule has 29 heavy (non-hydrogen) atoms. The van der Waals surface area contributed by atoms with Gasteiger partial charge in [-0.3, -0.25) is 0 Å². The molecule has 7 heteroatoms. The summed E-state index contributed by atoms with van der Waals surface area (Å²) in [7, 11) is 1.58. The van der Waals surface area contributed by atoms with E-state index in [1.54, 1.807) is 37.4 Å². The first kappa shape index (κ1) is 19.3. The molecule has 0 unspecified atom stereocenters. The van der Waals surface area contributed by atoms with Crippen LogP contribution in [0.3, 0.4) is 0 Å². The van der Waals surface area contributed by atoms with Gasteiger partial charge in [-0.1, -0.05) is 40.5 Å². The summed E-state index contributed by atoms with van der Waals surface area (Å²) in [6, 6.07) is 20.2. The number of hydrogen-bond acceptors (Lipinski definition) is 5. The fraction of sp³-hybridized carbons (Fsp3) is 0.0909. The third kappa shape index (κ3) is 4.53. The highest BCUT2D eigenvalue weighted by atomic mass is 35.5. The SMILES string of the molecule is COc1ccc(Cl)cc1-c1noc(-c2cccc(COc3ccc(Cl)cc3)c2)n1. The van der Waals surface area contributed by atoms with Gasteiger partial charge in [0.1, 0.15) is 18.1 Å². The molecule has 0 amide bonds. The summed E-state index contributed by atoms with van der Waals surface area (Å²) in [5, 5.41) is 5.31. The molecular formula is C22H16Cl2N2O3. The van der Waals surface area contributed by atoms with Crippen LogP contribution >= 0.6 is 23.2 Å². The predicted octanol–water partition coefficient (Wildman–Crippen LogP) is 6.30. The highest BCUT2D eigenvalue weighted by molar-refractivity contribution is 6.31. The maximum atomic E-state index is 6.10. The van der Waals surface area contributed by atoms with Crippen LogP contribution in [0.2, 0.25) is 10.0 Å². The Morgan fingerprint density at radius 2 is 1.72 bits per heavy atom. The van der Waals surface area contributed by atoms with E-state index in [2.05, 4.69) is 10.1 Å². The summed E-state index contributed by atoms with van der Waals surface area (Å²) in [4.78, 5) is 4.50. The summed E-state index contributed by atoms with van der Waals surface area (Å²) < 4.78 is 16.6. The fourth-order valence-corrected chi connectivity index (χ4v) is 3.09. The average molecular weight is 427 g/mol. The van der Waals surface area contributed by atoms with Crippen LogP contribution in [0.25, 0.3) is 22.8 Å². The lowest BCUT2D eigenvalue weighted by Crippen LogP contribution is -1.95. The minimum Gasteiger partial charge on any atom is -0.496 e. The second kappa shape index (κ2) is 8.55. The lowest BCUT2D eigenvalue weighted by atomic mass is 10.1. The first-order valence-corrected chi connectivity index (χ1v) is 9.53. The van der Waals surface area contributed by atoms with Crippen LogP contribution in [0.4, 0.5) is 0 Å². The molecule has 0 saturated carbocycles. The lowest BCUT2D eigenvalue weighted by Gasteiger charge is -2.07. The topological polar surface area (TPSA) is 57.4 Å². The van der Waals surface area contributed by atoms with Gasteiger partial charge in [-0.15, -0.1) is 0 Å². The summed E-state index contributed by atoms with van der Waals surface area (Å²) in [5.41, 5.74) is 2.43. The summed E-state index contributed by atoms with van der Waals surface area (Å²) in [5.74, 6) is 2.16. The minimum atomic E-state index is 0.398. The highest BCUT2D eigenvalue weighted by Gasteiger charge is 2.15. The Hall–Kier alpha value is -3.02. The molecular weight excluding hydrogens is 411 g/mol. The van der Waals surface area contributed by atoms with Gasteiger partial charge in [0.15, 0.2) is 0 Å². The van der Waals surface area contributed by atoms with Crippen LogP contribution in [0.15, 0.2) is 71.3 Å². The number of hydrogen-bond donors (Lipinski definition) is 0. The van der Waals surface area contributed by atoms with Crippen molar-refractivity contribution in [2.45, 2.75) is 6.61 Å². The van der Waals surface area contributed by atoms with E-state index < -0.39 is 0 Å². The molecule has 0 aliphatic rings. The van der Waals surface area contributed by atoms with Crippen molar-refractivity contribution in [1.29, 1.82) is 0 Å². The van der Waals surface area contributed by atoms with E-state index in [-0.39, 0.29) is 0 Å². The summed E-state index contributed by atoms with van der Waals surface area (Å²) in [6.45, 7) is 0.401. The van der Waals surface area contributed by atoms with Crippen LogP contribution in [0.1, 0.15) is 5.56 Å². The first-order valence-electron chi connectivity index (χ1n) is 8.77. The van der Waals surface area contributed by atoms with Crippen LogP contribution in [-0.2, 0) is 6.61 Å². The fourth-order valence-electron chi connectivity index (χ4n) is 2.80. The Labute approximate surface area is 177 Å². The van der Waals surface area contributed by atoms with E-state index in [9.17, 15) is 0 Å². The third-order valence-corrected chi connectivity index (χ3v) is 4.71. The van der Waals surface area contributed by atoms with Crippen molar-refractivity contribution in [1.82, 2.24) is 10.1 Å². The number of methoxy groups -OCH3 is 1. The maximum Gasteiger partial charge on any atom is 0.258 e. The Bertz CT molecular complexity index is 1130. The highest BCUT2D eigenvalue weighted by Crippen LogP contribution is 2.32. The zero-order valence-electron chi connectivity index (χ0n) is 15.4. The lowest BCUT2D eigenvalue weighted by molar-refractivity contribution is 0.306. The second-order valence-corrected chi connectivity index (χ2v) is 7.08. The maximum absolute atomic E-state index is 6.10. The smallest absolute Gasteiger partial charge is 0.258 e. The van der Waals surface area contributed by atoms with Crippen molar-refractivity contribution in [3.63, 3.8) is 0 Å². The van der Waals surface area contributed by atoms with Gasteiger partial charge in [-0.05, 0) is 60.2 Å². The molecule has 0 aliphatic carbocycles. The number of nitrogens with zero attached hydrogens (tertiary/aromatic N) is 2. The van der Waals surface area contributed by atoms with Crippen molar-refractivity contribution >= 4 is 23.2 Å². The van der Waals surface area contributed by atoms with E-state index in [1.807, 2.05) is 36.4 Å². The molecule has 1 heterocycles. The molecule has 4 rings (SSSR count).